The van der Waals surface area contributed by atoms with Crippen LogP contribution in [0.15, 0.2) is 46.9 Å². The van der Waals surface area contributed by atoms with Crippen LogP contribution in [0.5, 0.6) is 0 Å². The summed E-state index contributed by atoms with van der Waals surface area (Å²) in [6.07, 6.45) is 1.65. The molecule has 4 heterocycles. The van der Waals surface area contributed by atoms with Crippen LogP contribution in [0.3, 0.4) is 0 Å². The summed E-state index contributed by atoms with van der Waals surface area (Å²) in [5.74, 6) is -2.30. The smallest absolute Gasteiger partial charge is 0.250 e. The average Bonchev–Trinajstić information content (AvgIpc) is 3.47. The summed E-state index contributed by atoms with van der Waals surface area (Å²) < 4.78 is 0.819. The Kier molecular flexibility index (Phi) is 4.08. The van der Waals surface area contributed by atoms with Gasteiger partial charge in [-0.15, -0.1) is 0 Å². The normalized spacial score (nSPS) is 30.6. The third kappa shape index (κ3) is 2.29. The number of nitrogens with one attached hydrogen (secondary N) is 1. The maximum atomic E-state index is 13.9. The second-order valence-corrected chi connectivity index (χ2v) is 9.85. The number of amides is 3. The number of carbonyl (C=O) groups excluding carboxylic acids is 4. The molecule has 4 atom stereocenters. The monoisotopic (exact) mass is 493 g/mol. The molecule has 6 rings (SSSR count). The van der Waals surface area contributed by atoms with Gasteiger partial charge >= 0.3 is 0 Å². The van der Waals surface area contributed by atoms with Gasteiger partial charge in [0.1, 0.15) is 5.54 Å². The number of anilines is 2. The third-order valence-corrected chi connectivity index (χ3v) is 7.98. The van der Waals surface area contributed by atoms with Crippen molar-refractivity contribution in [2.24, 2.45) is 11.8 Å². The van der Waals surface area contributed by atoms with Gasteiger partial charge in [-0.3, -0.25) is 24.1 Å². The molecule has 1 spiro atoms. The van der Waals surface area contributed by atoms with Gasteiger partial charge in [-0.1, -0.05) is 15.9 Å². The summed E-state index contributed by atoms with van der Waals surface area (Å²) in [4.78, 5) is 56.1. The van der Waals surface area contributed by atoms with Gasteiger partial charge < -0.3 is 5.32 Å². The first kappa shape index (κ1) is 19.8. The van der Waals surface area contributed by atoms with Crippen molar-refractivity contribution < 1.29 is 19.2 Å². The molecule has 3 amide bonds. The molecule has 4 unspecified atom stereocenters. The summed E-state index contributed by atoms with van der Waals surface area (Å²) in [7, 11) is 0. The molecular formula is C24H20BrN3O4. The van der Waals surface area contributed by atoms with Crippen LogP contribution in [0.25, 0.3) is 0 Å². The van der Waals surface area contributed by atoms with Crippen LogP contribution in [-0.2, 0) is 19.9 Å². The summed E-state index contributed by atoms with van der Waals surface area (Å²) in [6.45, 7) is 2.14. The second kappa shape index (κ2) is 6.59. The minimum absolute atomic E-state index is 0.0853. The molecular weight excluding hydrogens is 474 g/mol. The van der Waals surface area contributed by atoms with Gasteiger partial charge in [-0.2, -0.15) is 0 Å². The summed E-state index contributed by atoms with van der Waals surface area (Å²) in [5, 5.41) is 2.97. The Morgan fingerprint density at radius 1 is 1.09 bits per heavy atom. The molecule has 3 saturated heterocycles. The summed E-state index contributed by atoms with van der Waals surface area (Å²) in [5.41, 5.74) is 1.21. The number of fused-ring (bicyclic) bond motifs is 7. The molecule has 3 fully saturated rings. The highest BCUT2D eigenvalue weighted by Gasteiger charge is 2.74. The highest BCUT2D eigenvalue weighted by atomic mass is 79.9. The van der Waals surface area contributed by atoms with E-state index in [0.29, 0.717) is 23.5 Å². The van der Waals surface area contributed by atoms with Crippen molar-refractivity contribution in [3.63, 3.8) is 0 Å². The number of ketones is 1. The number of nitrogens with zero attached hydrogens (tertiary/aromatic N) is 2. The first-order chi connectivity index (χ1) is 15.4. The zero-order chi connectivity index (χ0) is 22.4. The summed E-state index contributed by atoms with van der Waals surface area (Å²) in [6, 6.07) is 11.9. The number of carbonyl (C=O) groups is 4. The Morgan fingerprint density at radius 3 is 2.56 bits per heavy atom. The van der Waals surface area contributed by atoms with Crippen molar-refractivity contribution in [3.05, 3.63) is 58.1 Å². The first-order valence-electron chi connectivity index (χ1n) is 10.7. The molecule has 162 valence electrons. The Hall–Kier alpha value is -2.84. The van der Waals surface area contributed by atoms with Crippen LogP contribution in [0.4, 0.5) is 11.4 Å². The highest BCUT2D eigenvalue weighted by Crippen LogP contribution is 2.60. The van der Waals surface area contributed by atoms with E-state index in [0.717, 1.165) is 22.9 Å². The van der Waals surface area contributed by atoms with Crippen LogP contribution < -0.4 is 10.2 Å². The van der Waals surface area contributed by atoms with Gasteiger partial charge in [0.25, 0.3) is 0 Å². The lowest BCUT2D eigenvalue weighted by molar-refractivity contribution is -0.135. The molecule has 4 aliphatic heterocycles. The topological polar surface area (TPSA) is 86.8 Å². The number of halogens is 1. The first-order valence-corrected chi connectivity index (χ1v) is 11.5. The predicted octanol–water partition coefficient (Wildman–Crippen LogP) is 3.08. The second-order valence-electron chi connectivity index (χ2n) is 8.93. The molecule has 0 aromatic heterocycles. The average molecular weight is 494 g/mol. The zero-order valence-electron chi connectivity index (χ0n) is 17.3. The number of Topliss-reactive ketones (excluding diaryl/α,β-unsaturated/α-hetero) is 1. The highest BCUT2D eigenvalue weighted by molar-refractivity contribution is 9.10. The van der Waals surface area contributed by atoms with Gasteiger partial charge in [0.15, 0.2) is 5.78 Å². The van der Waals surface area contributed by atoms with Crippen molar-refractivity contribution in [2.45, 2.75) is 31.3 Å². The molecule has 2 aromatic rings. The predicted molar refractivity (Wildman–Crippen MR) is 120 cm³/mol. The van der Waals surface area contributed by atoms with E-state index in [4.69, 9.17) is 0 Å². The van der Waals surface area contributed by atoms with Crippen LogP contribution in [0.1, 0.15) is 35.7 Å². The molecule has 32 heavy (non-hydrogen) atoms. The molecule has 0 bridgehead atoms. The number of hydrogen-bond acceptors (Lipinski definition) is 5. The van der Waals surface area contributed by atoms with Crippen molar-refractivity contribution >= 4 is 50.8 Å². The number of rotatable bonds is 2. The van der Waals surface area contributed by atoms with E-state index in [1.54, 1.807) is 24.3 Å². The maximum Gasteiger partial charge on any atom is 0.250 e. The molecule has 0 radical (unpaired) electrons. The van der Waals surface area contributed by atoms with E-state index in [1.165, 1.54) is 11.8 Å². The minimum atomic E-state index is -1.19. The number of benzene rings is 2. The van der Waals surface area contributed by atoms with E-state index in [9.17, 15) is 19.2 Å². The largest absolute Gasteiger partial charge is 0.324 e. The van der Waals surface area contributed by atoms with Crippen LogP contribution in [-0.4, -0.2) is 41.0 Å². The minimum Gasteiger partial charge on any atom is -0.324 e. The van der Waals surface area contributed by atoms with Crippen LogP contribution in [0, 0.1) is 11.8 Å². The molecule has 7 nitrogen and oxygen atoms in total. The van der Waals surface area contributed by atoms with Gasteiger partial charge in [0.05, 0.1) is 17.5 Å². The summed E-state index contributed by atoms with van der Waals surface area (Å²) >= 11 is 3.51. The molecule has 0 saturated carbocycles. The Bertz CT molecular complexity index is 1230. The lowest BCUT2D eigenvalue weighted by atomic mass is 9.75. The van der Waals surface area contributed by atoms with Crippen molar-refractivity contribution in [2.75, 3.05) is 16.8 Å². The van der Waals surface area contributed by atoms with Gasteiger partial charge in [-0.25, -0.2) is 4.90 Å². The quantitative estimate of drug-likeness (QED) is 0.513. The van der Waals surface area contributed by atoms with Crippen LogP contribution >= 0.6 is 15.9 Å². The molecule has 4 aliphatic rings. The SMILES string of the molecule is CC(=O)c1ccc(N2C(=O)C3C4CCCN4C4(C(=O)Nc5ccc(Br)cc54)C3C2=O)cc1. The van der Waals surface area contributed by atoms with E-state index < -0.39 is 17.4 Å². The maximum absolute atomic E-state index is 13.9. The van der Waals surface area contributed by atoms with Crippen molar-refractivity contribution in [1.29, 1.82) is 0 Å². The van der Waals surface area contributed by atoms with E-state index >= 15 is 0 Å². The molecule has 8 heteroatoms. The van der Waals surface area contributed by atoms with Crippen molar-refractivity contribution in [1.82, 2.24) is 4.90 Å². The fourth-order valence-corrected chi connectivity index (χ4v) is 6.64. The lowest BCUT2D eigenvalue weighted by Gasteiger charge is -2.36. The van der Waals surface area contributed by atoms with Crippen LogP contribution in [0.2, 0.25) is 0 Å². The van der Waals surface area contributed by atoms with E-state index in [-0.39, 0.29) is 29.5 Å². The van der Waals surface area contributed by atoms with E-state index in [1.807, 2.05) is 18.2 Å². The standard InChI is InChI=1S/C24H20BrN3O4/c1-12(29)13-4-7-15(8-5-13)28-21(30)19-18-3-2-10-27(18)24(20(19)22(28)31)16-11-14(25)6-9-17(16)26-23(24)32/h4-9,11,18-20H,2-3,10H2,1H3,(H,26,32). The molecule has 1 N–H and O–H groups in total. The lowest BCUT2D eigenvalue weighted by Crippen LogP contribution is -2.54. The molecule has 2 aromatic carbocycles. The Labute approximate surface area is 192 Å². The van der Waals surface area contributed by atoms with Crippen molar-refractivity contribution in [3.8, 4) is 0 Å². The van der Waals surface area contributed by atoms with E-state index in [2.05, 4.69) is 26.1 Å². The fourth-order valence-electron chi connectivity index (χ4n) is 6.27. The van der Waals surface area contributed by atoms with Gasteiger partial charge in [-0.05, 0) is 68.8 Å². The number of imide groups is 1. The Balaban J connectivity index is 1.51. The zero-order valence-corrected chi connectivity index (χ0v) is 18.9. The van der Waals surface area contributed by atoms with Gasteiger partial charge in [0.2, 0.25) is 17.7 Å². The fraction of sp³-hybridized carbons (Fsp3) is 0.333. The Morgan fingerprint density at radius 2 is 1.84 bits per heavy atom. The molecule has 0 aliphatic carbocycles. The van der Waals surface area contributed by atoms with Gasteiger partial charge in [0, 0.05) is 27.3 Å². The third-order valence-electron chi connectivity index (χ3n) is 7.49. The number of hydrogen-bond donors (Lipinski definition) is 1.